The zero-order chi connectivity index (χ0) is 11.6. The van der Waals surface area contributed by atoms with Crippen LogP contribution in [0.5, 0.6) is 0 Å². The van der Waals surface area contributed by atoms with Gasteiger partial charge in [-0.05, 0) is 12.1 Å². The van der Waals surface area contributed by atoms with Crippen molar-refractivity contribution in [3.8, 4) is 6.07 Å². The molecule has 15 heavy (non-hydrogen) atoms. The average Bonchev–Trinajstić information content (AvgIpc) is 2.20. The van der Waals surface area contributed by atoms with Gasteiger partial charge in [0.1, 0.15) is 0 Å². The van der Waals surface area contributed by atoms with E-state index in [-0.39, 0.29) is 5.56 Å². The number of rotatable bonds is 2. The second-order valence-electron chi connectivity index (χ2n) is 2.71. The highest BCUT2D eigenvalue weighted by Gasteiger charge is 2.23. The van der Waals surface area contributed by atoms with E-state index < -0.39 is 29.3 Å². The summed E-state index contributed by atoms with van der Waals surface area (Å²) in [6.07, 6.45) is -2.19. The normalized spacial score (nSPS) is 11.9. The summed E-state index contributed by atoms with van der Waals surface area (Å²) in [4.78, 5) is 10.3. The van der Waals surface area contributed by atoms with Crippen molar-refractivity contribution in [2.75, 3.05) is 0 Å². The van der Waals surface area contributed by atoms with E-state index in [1.807, 2.05) is 0 Å². The predicted molar refractivity (Wildman–Crippen MR) is 43.7 cm³/mol. The van der Waals surface area contributed by atoms with Crippen LogP contribution < -0.4 is 0 Å². The number of aliphatic hydroxyl groups is 1. The molecule has 0 amide bonds. The van der Waals surface area contributed by atoms with Gasteiger partial charge in [0.15, 0.2) is 17.7 Å². The maximum Gasteiger partial charge on any atom is 0.337 e. The first-order valence-electron chi connectivity index (χ1n) is 3.77. The van der Waals surface area contributed by atoms with Gasteiger partial charge >= 0.3 is 5.97 Å². The van der Waals surface area contributed by atoms with Crippen LogP contribution in [0.15, 0.2) is 12.1 Å². The first kappa shape index (κ1) is 11.1. The van der Waals surface area contributed by atoms with Crippen molar-refractivity contribution in [2.45, 2.75) is 6.10 Å². The second kappa shape index (κ2) is 4.02. The number of aliphatic hydroxyl groups excluding tert-OH is 1. The summed E-state index contributed by atoms with van der Waals surface area (Å²) >= 11 is 0. The molecule has 2 N–H and O–H groups in total. The SMILES string of the molecule is N#Cc1cc(F)c(F)c(C(O)C(=O)O)c1. The van der Waals surface area contributed by atoms with Crippen LogP contribution in [0.4, 0.5) is 8.78 Å². The molecule has 1 rings (SSSR count). The summed E-state index contributed by atoms with van der Waals surface area (Å²) in [5.41, 5.74) is -1.02. The summed E-state index contributed by atoms with van der Waals surface area (Å²) in [5.74, 6) is -4.56. The third kappa shape index (κ3) is 2.08. The number of aliphatic carboxylic acids is 1. The van der Waals surface area contributed by atoms with Crippen LogP contribution in [0.1, 0.15) is 17.2 Å². The Morgan fingerprint density at radius 1 is 1.47 bits per heavy atom. The fourth-order valence-corrected chi connectivity index (χ4v) is 1.01. The molecule has 78 valence electrons. The zero-order valence-corrected chi connectivity index (χ0v) is 7.24. The molecule has 0 fully saturated rings. The van der Waals surface area contributed by atoms with E-state index in [1.165, 1.54) is 6.07 Å². The molecule has 0 aliphatic carbocycles. The van der Waals surface area contributed by atoms with Gasteiger partial charge in [-0.3, -0.25) is 0 Å². The van der Waals surface area contributed by atoms with Crippen molar-refractivity contribution in [1.29, 1.82) is 5.26 Å². The molecule has 1 aromatic carbocycles. The Labute approximate surface area is 83.0 Å². The number of carboxylic acids is 1. The maximum absolute atomic E-state index is 13.0. The molecule has 1 aromatic rings. The Morgan fingerprint density at radius 3 is 2.53 bits per heavy atom. The van der Waals surface area contributed by atoms with E-state index in [1.54, 1.807) is 0 Å². The van der Waals surface area contributed by atoms with Gasteiger partial charge in [-0.25, -0.2) is 13.6 Å². The summed E-state index contributed by atoms with van der Waals surface area (Å²) in [5, 5.41) is 25.8. The van der Waals surface area contributed by atoms with E-state index in [0.717, 1.165) is 6.07 Å². The standard InChI is InChI=1S/C9H5F2NO3/c10-6-2-4(3-12)1-5(7(6)11)8(13)9(14)15/h1-2,8,13H,(H,14,15). The number of carboxylic acid groups (broad SMARTS) is 1. The van der Waals surface area contributed by atoms with Crippen LogP contribution in [0.2, 0.25) is 0 Å². The minimum atomic E-state index is -2.19. The van der Waals surface area contributed by atoms with Crippen molar-refractivity contribution in [1.82, 2.24) is 0 Å². The van der Waals surface area contributed by atoms with Gasteiger partial charge in [-0.1, -0.05) is 0 Å². The lowest BCUT2D eigenvalue weighted by atomic mass is 10.1. The molecule has 0 aliphatic heterocycles. The topological polar surface area (TPSA) is 81.3 Å². The van der Waals surface area contributed by atoms with Crippen molar-refractivity contribution in [2.24, 2.45) is 0 Å². The van der Waals surface area contributed by atoms with Crippen LogP contribution in [-0.2, 0) is 4.79 Å². The number of hydrogen-bond acceptors (Lipinski definition) is 3. The van der Waals surface area contributed by atoms with Gasteiger partial charge in [-0.15, -0.1) is 0 Å². The highest BCUT2D eigenvalue weighted by molar-refractivity contribution is 5.74. The molecule has 0 saturated carbocycles. The van der Waals surface area contributed by atoms with Gasteiger partial charge in [0.05, 0.1) is 11.6 Å². The summed E-state index contributed by atoms with van der Waals surface area (Å²) in [6, 6.07) is 2.93. The van der Waals surface area contributed by atoms with E-state index in [2.05, 4.69) is 0 Å². The Balaban J connectivity index is 3.35. The lowest BCUT2D eigenvalue weighted by Gasteiger charge is -2.07. The number of benzene rings is 1. The first-order valence-corrected chi connectivity index (χ1v) is 3.77. The van der Waals surface area contributed by atoms with Crippen molar-refractivity contribution >= 4 is 5.97 Å². The highest BCUT2D eigenvalue weighted by Crippen LogP contribution is 2.21. The number of halogens is 2. The van der Waals surface area contributed by atoms with Gasteiger partial charge in [-0.2, -0.15) is 5.26 Å². The predicted octanol–water partition coefficient (Wildman–Crippen LogP) is 0.954. The Bertz CT molecular complexity index is 453. The van der Waals surface area contributed by atoms with E-state index >= 15 is 0 Å². The molecule has 0 spiro atoms. The maximum atomic E-state index is 13.0. The lowest BCUT2D eigenvalue weighted by molar-refractivity contribution is -0.147. The molecule has 0 saturated heterocycles. The lowest BCUT2D eigenvalue weighted by Crippen LogP contribution is -2.13. The van der Waals surface area contributed by atoms with Crippen LogP contribution in [0, 0.1) is 23.0 Å². The van der Waals surface area contributed by atoms with Crippen molar-refractivity contribution in [3.05, 3.63) is 34.9 Å². The molecule has 4 nitrogen and oxygen atoms in total. The first-order chi connectivity index (χ1) is 6.97. The molecule has 1 atom stereocenters. The molecule has 1 unspecified atom stereocenters. The zero-order valence-electron chi connectivity index (χ0n) is 7.24. The monoisotopic (exact) mass is 213 g/mol. The molecule has 0 aromatic heterocycles. The largest absolute Gasteiger partial charge is 0.479 e. The fourth-order valence-electron chi connectivity index (χ4n) is 1.01. The number of nitriles is 1. The Hall–Kier alpha value is -2.00. The van der Waals surface area contributed by atoms with Crippen molar-refractivity contribution in [3.63, 3.8) is 0 Å². The molecule has 0 bridgehead atoms. The minimum absolute atomic E-state index is 0.260. The second-order valence-corrected chi connectivity index (χ2v) is 2.71. The minimum Gasteiger partial charge on any atom is -0.479 e. The number of hydrogen-bond donors (Lipinski definition) is 2. The Morgan fingerprint density at radius 2 is 2.07 bits per heavy atom. The third-order valence-electron chi connectivity index (χ3n) is 1.71. The van der Waals surface area contributed by atoms with Crippen LogP contribution in [0.25, 0.3) is 0 Å². The summed E-state index contributed by atoms with van der Waals surface area (Å²) in [7, 11) is 0. The molecular weight excluding hydrogens is 208 g/mol. The van der Waals surface area contributed by atoms with E-state index in [0.29, 0.717) is 6.07 Å². The van der Waals surface area contributed by atoms with Crippen LogP contribution in [0.3, 0.4) is 0 Å². The van der Waals surface area contributed by atoms with Crippen LogP contribution in [-0.4, -0.2) is 16.2 Å². The quantitative estimate of drug-likeness (QED) is 0.766. The average molecular weight is 213 g/mol. The fraction of sp³-hybridized carbons (Fsp3) is 0.111. The smallest absolute Gasteiger partial charge is 0.337 e. The van der Waals surface area contributed by atoms with Crippen molar-refractivity contribution < 1.29 is 23.8 Å². The van der Waals surface area contributed by atoms with E-state index in [4.69, 9.17) is 15.5 Å². The van der Waals surface area contributed by atoms with E-state index in [9.17, 15) is 13.6 Å². The number of carbonyl (C=O) groups is 1. The summed E-state index contributed by atoms with van der Waals surface area (Å²) < 4.78 is 25.8. The molecule has 0 aliphatic rings. The van der Waals surface area contributed by atoms with Crippen LogP contribution >= 0.6 is 0 Å². The van der Waals surface area contributed by atoms with Gasteiger partial charge in [0, 0.05) is 5.56 Å². The number of nitrogens with zero attached hydrogens (tertiary/aromatic N) is 1. The molecule has 0 heterocycles. The van der Waals surface area contributed by atoms with Gasteiger partial charge in [0.2, 0.25) is 0 Å². The molecule has 0 radical (unpaired) electrons. The Kier molecular flexibility index (Phi) is 2.97. The van der Waals surface area contributed by atoms with Gasteiger partial charge < -0.3 is 10.2 Å². The molecule has 6 heteroatoms. The van der Waals surface area contributed by atoms with Gasteiger partial charge in [0.25, 0.3) is 0 Å². The molecular formula is C9H5F2NO3. The highest BCUT2D eigenvalue weighted by atomic mass is 19.2. The third-order valence-corrected chi connectivity index (χ3v) is 1.71. The summed E-state index contributed by atoms with van der Waals surface area (Å²) in [6.45, 7) is 0.